The first-order valence-electron chi connectivity index (χ1n) is 8.07. The summed E-state index contributed by atoms with van der Waals surface area (Å²) < 4.78 is 14.5. The third-order valence-corrected chi connectivity index (χ3v) is 4.31. The first-order valence-corrected chi connectivity index (χ1v) is 8.07. The summed E-state index contributed by atoms with van der Waals surface area (Å²) in [5.74, 6) is -0.340. The van der Waals surface area contributed by atoms with Gasteiger partial charge in [-0.2, -0.15) is 0 Å². The summed E-state index contributed by atoms with van der Waals surface area (Å²) in [6, 6.07) is 11.7. The zero-order chi connectivity index (χ0) is 18.1. The molecule has 0 amide bonds. The van der Waals surface area contributed by atoms with E-state index in [4.69, 9.17) is 0 Å². The monoisotopic (exact) mass is 337 g/mol. The lowest BCUT2D eigenvalue weighted by molar-refractivity contribution is 0.627. The number of aromatic amines is 1. The lowest BCUT2D eigenvalue weighted by atomic mass is 10.1. The Balaban J connectivity index is 2.05. The van der Waals surface area contributed by atoms with Gasteiger partial charge in [-0.15, -0.1) is 0 Å². The van der Waals surface area contributed by atoms with Crippen LogP contribution in [0.5, 0.6) is 0 Å². The molecule has 5 heteroatoms. The normalized spacial score (nSPS) is 11.8. The standard InChI is InChI=1S/C20H20FN3O/c1-12-5-8-17(11-13(12)2)22-14(3)19-15(4)23-24(20(19)25)18-9-6-16(21)7-10-18/h5-11,23H,1-4H3. The van der Waals surface area contributed by atoms with Crippen LogP contribution >= 0.6 is 0 Å². The molecule has 1 N–H and O–H groups in total. The number of benzene rings is 2. The van der Waals surface area contributed by atoms with Crippen LogP contribution in [0.3, 0.4) is 0 Å². The zero-order valence-corrected chi connectivity index (χ0v) is 14.7. The molecule has 4 nitrogen and oxygen atoms in total. The smallest absolute Gasteiger partial charge is 0.280 e. The highest BCUT2D eigenvalue weighted by atomic mass is 19.1. The van der Waals surface area contributed by atoms with E-state index < -0.39 is 0 Å². The van der Waals surface area contributed by atoms with Gasteiger partial charge in [-0.25, -0.2) is 9.07 Å². The predicted octanol–water partition coefficient (Wildman–Crippen LogP) is 4.37. The molecule has 25 heavy (non-hydrogen) atoms. The van der Waals surface area contributed by atoms with Gasteiger partial charge in [-0.1, -0.05) is 6.07 Å². The van der Waals surface area contributed by atoms with Crippen LogP contribution in [0.1, 0.15) is 29.3 Å². The summed E-state index contributed by atoms with van der Waals surface area (Å²) in [5, 5.41) is 3.04. The van der Waals surface area contributed by atoms with E-state index in [0.29, 0.717) is 17.0 Å². The van der Waals surface area contributed by atoms with Crippen LogP contribution in [0, 0.1) is 26.6 Å². The average molecular weight is 337 g/mol. The van der Waals surface area contributed by atoms with Crippen molar-refractivity contribution >= 4 is 11.4 Å². The first-order chi connectivity index (χ1) is 11.9. The highest BCUT2D eigenvalue weighted by molar-refractivity contribution is 6.01. The van der Waals surface area contributed by atoms with Crippen LogP contribution < -0.4 is 5.56 Å². The van der Waals surface area contributed by atoms with Crippen LogP contribution in [-0.2, 0) is 0 Å². The van der Waals surface area contributed by atoms with E-state index in [9.17, 15) is 9.18 Å². The van der Waals surface area contributed by atoms with Crippen LogP contribution in [0.2, 0.25) is 0 Å². The Morgan fingerprint density at radius 3 is 2.36 bits per heavy atom. The number of hydrogen-bond donors (Lipinski definition) is 1. The number of rotatable bonds is 3. The number of H-pyrrole nitrogens is 1. The van der Waals surface area contributed by atoms with Crippen LogP contribution in [0.4, 0.5) is 10.1 Å². The van der Waals surface area contributed by atoms with E-state index in [1.54, 1.807) is 12.1 Å². The second-order valence-corrected chi connectivity index (χ2v) is 6.19. The quantitative estimate of drug-likeness (QED) is 0.709. The largest absolute Gasteiger partial charge is 0.295 e. The van der Waals surface area contributed by atoms with Crippen LogP contribution in [0.25, 0.3) is 5.69 Å². The highest BCUT2D eigenvalue weighted by Crippen LogP contribution is 2.19. The SMILES string of the molecule is CC(=Nc1ccc(C)c(C)c1)c1c(C)[nH]n(-c2ccc(F)cc2)c1=O. The summed E-state index contributed by atoms with van der Waals surface area (Å²) in [6.07, 6.45) is 0. The fourth-order valence-electron chi connectivity index (χ4n) is 2.79. The van der Waals surface area contributed by atoms with Gasteiger partial charge in [0.05, 0.1) is 22.6 Å². The molecule has 2 aromatic carbocycles. The van der Waals surface area contributed by atoms with Gasteiger partial charge in [0.15, 0.2) is 0 Å². The molecule has 0 saturated heterocycles. The van der Waals surface area contributed by atoms with Crippen molar-refractivity contribution in [1.29, 1.82) is 0 Å². The molecule has 0 unspecified atom stereocenters. The lowest BCUT2D eigenvalue weighted by Gasteiger charge is -2.03. The second kappa shape index (κ2) is 6.51. The number of aryl methyl sites for hydroxylation is 3. The molecule has 0 bridgehead atoms. The molecule has 0 fully saturated rings. The van der Waals surface area contributed by atoms with Crippen molar-refractivity contribution in [3.05, 3.63) is 81.0 Å². The van der Waals surface area contributed by atoms with Crippen molar-refractivity contribution in [3.63, 3.8) is 0 Å². The average Bonchev–Trinajstić information content (AvgIpc) is 2.86. The Kier molecular flexibility index (Phi) is 4.40. The Bertz CT molecular complexity index is 1010. The van der Waals surface area contributed by atoms with E-state index in [1.165, 1.54) is 22.4 Å². The van der Waals surface area contributed by atoms with Crippen molar-refractivity contribution in [2.45, 2.75) is 27.7 Å². The highest BCUT2D eigenvalue weighted by Gasteiger charge is 2.15. The van der Waals surface area contributed by atoms with Crippen molar-refractivity contribution in [1.82, 2.24) is 9.78 Å². The molecule has 0 aliphatic carbocycles. The summed E-state index contributed by atoms with van der Waals surface area (Å²) in [7, 11) is 0. The third kappa shape index (κ3) is 3.31. The molecule has 1 heterocycles. The van der Waals surface area contributed by atoms with Gasteiger partial charge in [-0.05, 0) is 75.2 Å². The molecule has 128 valence electrons. The Labute approximate surface area is 145 Å². The number of aromatic nitrogens is 2. The summed E-state index contributed by atoms with van der Waals surface area (Å²) >= 11 is 0. The molecule has 0 atom stereocenters. The summed E-state index contributed by atoms with van der Waals surface area (Å²) in [6.45, 7) is 7.73. The molecular weight excluding hydrogens is 317 g/mol. The van der Waals surface area contributed by atoms with Gasteiger partial charge in [0.1, 0.15) is 5.82 Å². The molecule has 1 aromatic heterocycles. The van der Waals surface area contributed by atoms with E-state index in [0.717, 1.165) is 16.9 Å². The predicted molar refractivity (Wildman–Crippen MR) is 98.9 cm³/mol. The lowest BCUT2D eigenvalue weighted by Crippen LogP contribution is -2.19. The maximum Gasteiger partial charge on any atom is 0.280 e. The van der Waals surface area contributed by atoms with Crippen LogP contribution in [0.15, 0.2) is 52.3 Å². The van der Waals surface area contributed by atoms with Gasteiger partial charge in [0, 0.05) is 5.69 Å². The third-order valence-electron chi connectivity index (χ3n) is 4.31. The molecule has 3 aromatic rings. The van der Waals surface area contributed by atoms with E-state index in [-0.39, 0.29) is 11.4 Å². The van der Waals surface area contributed by atoms with Gasteiger partial charge < -0.3 is 0 Å². The van der Waals surface area contributed by atoms with Gasteiger partial charge in [0.25, 0.3) is 5.56 Å². The van der Waals surface area contributed by atoms with E-state index >= 15 is 0 Å². The minimum atomic E-state index is -0.340. The maximum atomic E-state index is 13.1. The summed E-state index contributed by atoms with van der Waals surface area (Å²) in [5.41, 5.74) is 5.45. The first kappa shape index (κ1) is 16.9. The summed E-state index contributed by atoms with van der Waals surface area (Å²) in [4.78, 5) is 17.4. The zero-order valence-electron chi connectivity index (χ0n) is 14.7. The van der Waals surface area contributed by atoms with Gasteiger partial charge in [-0.3, -0.25) is 14.9 Å². The van der Waals surface area contributed by atoms with Crippen molar-refractivity contribution in [2.24, 2.45) is 4.99 Å². The molecule has 3 rings (SSSR count). The molecule has 0 radical (unpaired) electrons. The Hall–Kier alpha value is -2.95. The van der Waals surface area contributed by atoms with Crippen molar-refractivity contribution < 1.29 is 4.39 Å². The fourth-order valence-corrected chi connectivity index (χ4v) is 2.79. The minimum Gasteiger partial charge on any atom is -0.295 e. The number of aliphatic imine (C=N–C) groups is 1. The molecule has 0 aliphatic rings. The number of nitrogens with one attached hydrogen (secondary N) is 1. The molecule has 0 saturated carbocycles. The second-order valence-electron chi connectivity index (χ2n) is 6.19. The molecular formula is C20H20FN3O. The molecule has 0 aliphatic heterocycles. The molecule has 0 spiro atoms. The van der Waals surface area contributed by atoms with Crippen molar-refractivity contribution in [3.8, 4) is 5.69 Å². The maximum absolute atomic E-state index is 13.1. The number of nitrogens with zero attached hydrogens (tertiary/aromatic N) is 2. The Morgan fingerprint density at radius 1 is 1.04 bits per heavy atom. The topological polar surface area (TPSA) is 50.1 Å². The fraction of sp³-hybridized carbons (Fsp3) is 0.200. The van der Waals surface area contributed by atoms with E-state index in [1.807, 2.05) is 45.9 Å². The van der Waals surface area contributed by atoms with Crippen LogP contribution in [-0.4, -0.2) is 15.5 Å². The van der Waals surface area contributed by atoms with Gasteiger partial charge in [0.2, 0.25) is 0 Å². The van der Waals surface area contributed by atoms with Crippen molar-refractivity contribution in [2.75, 3.05) is 0 Å². The Morgan fingerprint density at radius 2 is 1.72 bits per heavy atom. The van der Waals surface area contributed by atoms with Gasteiger partial charge >= 0.3 is 0 Å². The number of hydrogen-bond acceptors (Lipinski definition) is 2. The minimum absolute atomic E-state index is 0.200. The number of halogens is 1. The van der Waals surface area contributed by atoms with E-state index in [2.05, 4.69) is 10.1 Å².